The number of aryl methyl sites for hydroxylation is 1. The summed E-state index contributed by atoms with van der Waals surface area (Å²) >= 11 is 1.53. The van der Waals surface area contributed by atoms with Gasteiger partial charge in [0, 0.05) is 11.0 Å². The summed E-state index contributed by atoms with van der Waals surface area (Å²) in [6.07, 6.45) is 5.25. The fourth-order valence-corrected chi connectivity index (χ4v) is 4.73. The summed E-state index contributed by atoms with van der Waals surface area (Å²) < 4.78 is 10.0. The van der Waals surface area contributed by atoms with Gasteiger partial charge < -0.3 is 14.1 Å². The number of aromatic nitrogens is 2. The van der Waals surface area contributed by atoms with Crippen molar-refractivity contribution in [3.8, 4) is 0 Å². The molecule has 1 aliphatic carbocycles. The maximum atomic E-state index is 12.5. The first-order valence-corrected chi connectivity index (χ1v) is 9.85. The Labute approximate surface area is 168 Å². The fourth-order valence-electron chi connectivity index (χ4n) is 3.33. The second kappa shape index (κ2) is 7.63. The second-order valence-corrected chi connectivity index (χ2v) is 8.00. The monoisotopic (exact) mass is 415 g/mol. The molecule has 29 heavy (non-hydrogen) atoms. The molecule has 1 N–H and O–H groups in total. The predicted octanol–water partition coefficient (Wildman–Crippen LogP) is 3.37. The van der Waals surface area contributed by atoms with Crippen LogP contribution in [0, 0.1) is 16.0 Å². The molecule has 3 heterocycles. The zero-order chi connectivity index (χ0) is 20.5. The van der Waals surface area contributed by atoms with Gasteiger partial charge in [-0.25, -0.2) is 9.78 Å². The van der Waals surface area contributed by atoms with E-state index in [2.05, 4.69) is 16.9 Å². The first-order valence-electron chi connectivity index (χ1n) is 9.03. The number of fused-ring (bicyclic) bond motifs is 3. The molecule has 10 heteroatoms. The number of thiophene rings is 1. The van der Waals surface area contributed by atoms with Crippen LogP contribution in [0.5, 0.6) is 0 Å². The number of carbonyl (C=O) groups excluding carboxylic acids is 1. The van der Waals surface area contributed by atoms with Crippen molar-refractivity contribution in [1.82, 2.24) is 9.97 Å². The summed E-state index contributed by atoms with van der Waals surface area (Å²) in [7, 11) is 0. The zero-order valence-electron chi connectivity index (χ0n) is 15.5. The van der Waals surface area contributed by atoms with Gasteiger partial charge in [-0.15, -0.1) is 11.3 Å². The SMILES string of the molecule is C[C@H]1CCc2c(sc3nc(COC(=O)/C=C/c4ccc([N+](=O)[O-])o4)[nH]c(=O)c23)C1. The number of furan rings is 1. The quantitative estimate of drug-likeness (QED) is 0.293. The number of nitrogens with zero attached hydrogens (tertiary/aromatic N) is 2. The molecule has 150 valence electrons. The molecule has 3 aromatic rings. The third-order valence-corrected chi connectivity index (χ3v) is 5.89. The molecule has 0 amide bonds. The highest BCUT2D eigenvalue weighted by Crippen LogP contribution is 2.35. The molecule has 0 unspecified atom stereocenters. The molecule has 1 aliphatic rings. The van der Waals surface area contributed by atoms with Crippen LogP contribution < -0.4 is 5.56 Å². The lowest BCUT2D eigenvalue weighted by atomic mass is 9.89. The Morgan fingerprint density at radius 1 is 1.52 bits per heavy atom. The normalized spacial score (nSPS) is 16.2. The number of nitrogens with one attached hydrogen (secondary N) is 1. The van der Waals surface area contributed by atoms with Gasteiger partial charge >= 0.3 is 11.9 Å². The van der Waals surface area contributed by atoms with E-state index in [1.54, 1.807) is 0 Å². The molecule has 0 fully saturated rings. The molecular weight excluding hydrogens is 398 g/mol. The van der Waals surface area contributed by atoms with Gasteiger partial charge in [0.2, 0.25) is 0 Å². The molecule has 1 atom stereocenters. The molecular formula is C19H17N3O6S. The van der Waals surface area contributed by atoms with E-state index >= 15 is 0 Å². The van der Waals surface area contributed by atoms with Gasteiger partial charge in [-0.2, -0.15) is 0 Å². The number of hydrogen-bond donors (Lipinski definition) is 1. The van der Waals surface area contributed by atoms with Gasteiger partial charge in [0.1, 0.15) is 27.9 Å². The van der Waals surface area contributed by atoms with Gasteiger partial charge in [-0.05, 0) is 42.9 Å². The Bertz CT molecular complexity index is 1190. The van der Waals surface area contributed by atoms with E-state index in [0.29, 0.717) is 16.1 Å². The summed E-state index contributed by atoms with van der Waals surface area (Å²) in [5.41, 5.74) is 0.877. The number of H-pyrrole nitrogens is 1. The van der Waals surface area contributed by atoms with Gasteiger partial charge in [-0.3, -0.25) is 14.9 Å². The summed E-state index contributed by atoms with van der Waals surface area (Å²) in [5.74, 6) is -0.0887. The molecule has 0 saturated heterocycles. The fraction of sp³-hybridized carbons (Fsp3) is 0.316. The molecule has 0 bridgehead atoms. The smallest absolute Gasteiger partial charge is 0.433 e. The van der Waals surface area contributed by atoms with E-state index < -0.39 is 16.8 Å². The van der Waals surface area contributed by atoms with Crippen LogP contribution in [0.3, 0.4) is 0 Å². The van der Waals surface area contributed by atoms with Crippen molar-refractivity contribution in [1.29, 1.82) is 0 Å². The number of esters is 1. The van der Waals surface area contributed by atoms with Crippen LogP contribution in [0.4, 0.5) is 5.88 Å². The maximum Gasteiger partial charge on any atom is 0.433 e. The van der Waals surface area contributed by atoms with E-state index in [9.17, 15) is 19.7 Å². The zero-order valence-corrected chi connectivity index (χ0v) is 16.3. The van der Waals surface area contributed by atoms with Crippen LogP contribution in [0.15, 0.2) is 27.4 Å². The van der Waals surface area contributed by atoms with Crippen LogP contribution in [-0.2, 0) is 29.0 Å². The lowest BCUT2D eigenvalue weighted by molar-refractivity contribution is -0.402. The highest BCUT2D eigenvalue weighted by Gasteiger charge is 2.23. The molecule has 0 radical (unpaired) electrons. The predicted molar refractivity (Wildman–Crippen MR) is 106 cm³/mol. The summed E-state index contributed by atoms with van der Waals surface area (Å²) in [4.78, 5) is 43.3. The van der Waals surface area contributed by atoms with Crippen molar-refractivity contribution in [3.05, 3.63) is 60.7 Å². The standard InChI is InChI=1S/C19H17N3O6S/c1-10-2-5-12-13(8-10)29-19-17(12)18(24)20-14(21-19)9-27-16(23)7-4-11-3-6-15(28-11)22(25)26/h3-4,6-7,10H,2,5,8-9H2,1H3,(H,20,21,24)/b7-4+/t10-/m0/s1. The minimum absolute atomic E-state index is 0.153. The third kappa shape index (κ3) is 3.97. The van der Waals surface area contributed by atoms with Crippen LogP contribution >= 0.6 is 11.3 Å². The highest BCUT2D eigenvalue weighted by atomic mass is 32.1. The van der Waals surface area contributed by atoms with Gasteiger partial charge in [0.15, 0.2) is 0 Å². The van der Waals surface area contributed by atoms with E-state index in [-0.39, 0.29) is 23.8 Å². The Morgan fingerprint density at radius 3 is 3.10 bits per heavy atom. The van der Waals surface area contributed by atoms with Crippen molar-refractivity contribution >= 4 is 39.5 Å². The van der Waals surface area contributed by atoms with E-state index in [0.717, 1.165) is 30.9 Å². The first kappa shape index (κ1) is 19.1. The lowest BCUT2D eigenvalue weighted by Crippen LogP contribution is -2.15. The van der Waals surface area contributed by atoms with Gasteiger partial charge in [0.05, 0.1) is 11.5 Å². The van der Waals surface area contributed by atoms with Crippen molar-refractivity contribution in [2.45, 2.75) is 32.8 Å². The Balaban J connectivity index is 1.45. The third-order valence-electron chi connectivity index (χ3n) is 4.74. The molecule has 3 aromatic heterocycles. The summed E-state index contributed by atoms with van der Waals surface area (Å²) in [5, 5.41) is 11.2. The number of hydrogen-bond acceptors (Lipinski definition) is 8. The molecule has 0 spiro atoms. The average Bonchev–Trinajstić information content (AvgIpc) is 3.28. The summed E-state index contributed by atoms with van der Waals surface area (Å²) in [6, 6.07) is 2.56. The van der Waals surface area contributed by atoms with Crippen LogP contribution in [-0.4, -0.2) is 20.9 Å². The van der Waals surface area contributed by atoms with Crippen LogP contribution in [0.1, 0.15) is 35.4 Å². The minimum atomic E-state index is -0.689. The van der Waals surface area contributed by atoms with Crippen LogP contribution in [0.2, 0.25) is 0 Å². The molecule has 9 nitrogen and oxygen atoms in total. The lowest BCUT2D eigenvalue weighted by Gasteiger charge is -2.17. The van der Waals surface area contributed by atoms with Crippen molar-refractivity contribution in [3.63, 3.8) is 0 Å². The molecule has 4 rings (SSSR count). The van der Waals surface area contributed by atoms with Crippen LogP contribution in [0.25, 0.3) is 16.3 Å². The largest absolute Gasteiger partial charge is 0.454 e. The summed E-state index contributed by atoms with van der Waals surface area (Å²) in [6.45, 7) is 2.01. The van der Waals surface area contributed by atoms with E-state index in [1.165, 1.54) is 34.4 Å². The van der Waals surface area contributed by atoms with E-state index in [4.69, 9.17) is 9.15 Å². The Hall–Kier alpha value is -3.27. The average molecular weight is 415 g/mol. The van der Waals surface area contributed by atoms with E-state index in [1.807, 2.05) is 0 Å². The highest BCUT2D eigenvalue weighted by molar-refractivity contribution is 7.18. The number of carbonyl (C=O) groups is 1. The topological polar surface area (TPSA) is 128 Å². The Morgan fingerprint density at radius 2 is 2.34 bits per heavy atom. The first-order chi connectivity index (χ1) is 13.9. The number of nitro groups is 1. The number of aromatic amines is 1. The Kier molecular flexibility index (Phi) is 5.01. The minimum Gasteiger partial charge on any atom is -0.454 e. The van der Waals surface area contributed by atoms with Gasteiger partial charge in [0.25, 0.3) is 5.56 Å². The van der Waals surface area contributed by atoms with Crippen molar-refractivity contribution in [2.24, 2.45) is 5.92 Å². The molecule has 0 aromatic carbocycles. The van der Waals surface area contributed by atoms with Gasteiger partial charge in [-0.1, -0.05) is 6.92 Å². The second-order valence-electron chi connectivity index (χ2n) is 6.92. The molecule has 0 saturated carbocycles. The number of rotatable bonds is 5. The molecule has 0 aliphatic heterocycles. The van der Waals surface area contributed by atoms with Crippen molar-refractivity contribution in [2.75, 3.05) is 0 Å². The van der Waals surface area contributed by atoms with Crippen molar-refractivity contribution < 1.29 is 18.9 Å². The maximum absolute atomic E-state index is 12.5. The number of ether oxygens (including phenoxy) is 1.